The molecule has 6 nitrogen and oxygen atoms in total. The van der Waals surface area contributed by atoms with Crippen molar-refractivity contribution in [1.82, 2.24) is 10.2 Å². The molecule has 23 heavy (non-hydrogen) atoms. The summed E-state index contributed by atoms with van der Waals surface area (Å²) in [5.41, 5.74) is 0.870. The Kier molecular flexibility index (Phi) is 5.91. The molecule has 0 aliphatic carbocycles. The van der Waals surface area contributed by atoms with Gasteiger partial charge in [-0.3, -0.25) is 4.79 Å². The smallest absolute Gasteiger partial charge is 0.276 e. The number of anilines is 2. The van der Waals surface area contributed by atoms with E-state index in [0.717, 1.165) is 6.54 Å². The van der Waals surface area contributed by atoms with Gasteiger partial charge in [0.15, 0.2) is 5.69 Å². The minimum atomic E-state index is -0.319. The minimum absolute atomic E-state index is 0.256. The van der Waals surface area contributed by atoms with E-state index < -0.39 is 0 Å². The fourth-order valence-electron chi connectivity index (χ4n) is 1.89. The Morgan fingerprint density at radius 3 is 2.61 bits per heavy atom. The molecule has 0 fully saturated rings. The third-order valence-electron chi connectivity index (χ3n) is 3.02. The van der Waals surface area contributed by atoms with Crippen molar-refractivity contribution in [3.05, 3.63) is 42.1 Å². The molecule has 0 aliphatic rings. The van der Waals surface area contributed by atoms with Gasteiger partial charge >= 0.3 is 0 Å². The van der Waals surface area contributed by atoms with E-state index in [9.17, 15) is 4.79 Å². The molecule has 1 heterocycles. The summed E-state index contributed by atoms with van der Waals surface area (Å²) in [5.74, 6) is 1.48. The zero-order valence-corrected chi connectivity index (χ0v) is 13.7. The summed E-state index contributed by atoms with van der Waals surface area (Å²) in [6.45, 7) is 7.45. The Hall–Kier alpha value is -2.63. The van der Waals surface area contributed by atoms with Crippen LogP contribution in [0.3, 0.4) is 0 Å². The Balaban J connectivity index is 2.03. The van der Waals surface area contributed by atoms with Crippen molar-refractivity contribution in [3.8, 4) is 5.75 Å². The molecule has 122 valence electrons. The largest absolute Gasteiger partial charge is 0.492 e. The van der Waals surface area contributed by atoms with E-state index in [-0.39, 0.29) is 11.6 Å². The highest BCUT2D eigenvalue weighted by atomic mass is 16.5. The van der Waals surface area contributed by atoms with Crippen LogP contribution in [0.15, 0.2) is 36.4 Å². The molecule has 6 heteroatoms. The van der Waals surface area contributed by atoms with Crippen molar-refractivity contribution < 1.29 is 9.53 Å². The molecule has 2 rings (SSSR count). The average molecular weight is 314 g/mol. The third kappa shape index (κ3) is 4.95. The van der Waals surface area contributed by atoms with Crippen molar-refractivity contribution in [1.29, 1.82) is 0 Å². The number of amides is 1. The SMILES string of the molecule is CCOc1ccccc1NC(=O)c1ccc(NCC(C)C)nn1. The predicted molar refractivity (Wildman–Crippen MR) is 90.9 cm³/mol. The first-order chi connectivity index (χ1) is 11.1. The topological polar surface area (TPSA) is 76.1 Å². The lowest BCUT2D eigenvalue weighted by Gasteiger charge is -2.11. The molecule has 0 radical (unpaired) electrons. The molecule has 0 saturated carbocycles. The molecular weight excluding hydrogens is 292 g/mol. The lowest BCUT2D eigenvalue weighted by atomic mass is 10.2. The number of carbonyl (C=O) groups excluding carboxylic acids is 1. The molecule has 0 spiro atoms. The highest BCUT2D eigenvalue weighted by Gasteiger charge is 2.11. The van der Waals surface area contributed by atoms with Gasteiger partial charge in [0.25, 0.3) is 5.91 Å². The molecule has 0 saturated heterocycles. The number of benzene rings is 1. The van der Waals surface area contributed by atoms with Crippen molar-refractivity contribution in [2.45, 2.75) is 20.8 Å². The summed E-state index contributed by atoms with van der Waals surface area (Å²) in [6.07, 6.45) is 0. The highest BCUT2D eigenvalue weighted by molar-refractivity contribution is 6.03. The van der Waals surface area contributed by atoms with Gasteiger partial charge in [0.05, 0.1) is 12.3 Å². The number of carbonyl (C=O) groups is 1. The van der Waals surface area contributed by atoms with Crippen molar-refractivity contribution in [2.75, 3.05) is 23.8 Å². The van der Waals surface area contributed by atoms with Gasteiger partial charge in [0.1, 0.15) is 11.6 Å². The van der Waals surface area contributed by atoms with Crippen LogP contribution in [-0.4, -0.2) is 29.3 Å². The van der Waals surface area contributed by atoms with E-state index in [0.29, 0.717) is 29.8 Å². The number of nitrogens with zero attached hydrogens (tertiary/aromatic N) is 2. The van der Waals surface area contributed by atoms with Crippen LogP contribution < -0.4 is 15.4 Å². The van der Waals surface area contributed by atoms with E-state index in [2.05, 4.69) is 34.7 Å². The number of ether oxygens (including phenoxy) is 1. The fraction of sp³-hybridized carbons (Fsp3) is 0.353. The summed E-state index contributed by atoms with van der Waals surface area (Å²) in [4.78, 5) is 12.3. The molecule has 0 bridgehead atoms. The summed E-state index contributed by atoms with van der Waals surface area (Å²) >= 11 is 0. The summed E-state index contributed by atoms with van der Waals surface area (Å²) in [7, 11) is 0. The summed E-state index contributed by atoms with van der Waals surface area (Å²) in [6, 6.07) is 10.7. The molecule has 0 aliphatic heterocycles. The Labute approximate surface area is 136 Å². The minimum Gasteiger partial charge on any atom is -0.492 e. The zero-order valence-electron chi connectivity index (χ0n) is 13.7. The average Bonchev–Trinajstić information content (AvgIpc) is 2.55. The quantitative estimate of drug-likeness (QED) is 0.821. The van der Waals surface area contributed by atoms with Crippen molar-refractivity contribution in [2.24, 2.45) is 5.92 Å². The molecule has 1 aromatic heterocycles. The molecule has 1 amide bonds. The number of hydrogen-bond donors (Lipinski definition) is 2. The van der Waals surface area contributed by atoms with Gasteiger partial charge in [-0.2, -0.15) is 0 Å². The van der Waals surface area contributed by atoms with Crippen molar-refractivity contribution in [3.63, 3.8) is 0 Å². The van der Waals surface area contributed by atoms with Crippen LogP contribution in [0.4, 0.5) is 11.5 Å². The lowest BCUT2D eigenvalue weighted by molar-refractivity contribution is 0.102. The number of rotatable bonds is 7. The third-order valence-corrected chi connectivity index (χ3v) is 3.02. The molecule has 2 aromatic rings. The second-order valence-electron chi connectivity index (χ2n) is 5.46. The van der Waals surface area contributed by atoms with Crippen LogP contribution in [0.1, 0.15) is 31.3 Å². The predicted octanol–water partition coefficient (Wildman–Crippen LogP) is 3.20. The Bertz CT molecular complexity index is 641. The van der Waals surface area contributed by atoms with E-state index in [1.165, 1.54) is 0 Å². The second kappa shape index (κ2) is 8.12. The number of aromatic nitrogens is 2. The van der Waals surface area contributed by atoms with Crippen LogP contribution in [0.25, 0.3) is 0 Å². The number of hydrogen-bond acceptors (Lipinski definition) is 5. The first kappa shape index (κ1) is 16.7. The van der Waals surface area contributed by atoms with Crippen LogP contribution in [0.5, 0.6) is 5.75 Å². The van der Waals surface area contributed by atoms with E-state index in [4.69, 9.17) is 4.74 Å². The van der Waals surface area contributed by atoms with Crippen LogP contribution in [-0.2, 0) is 0 Å². The molecular formula is C17H22N4O2. The second-order valence-corrected chi connectivity index (χ2v) is 5.46. The number of para-hydroxylation sites is 2. The maximum absolute atomic E-state index is 12.3. The maximum Gasteiger partial charge on any atom is 0.276 e. The lowest BCUT2D eigenvalue weighted by Crippen LogP contribution is -2.16. The van der Waals surface area contributed by atoms with Crippen LogP contribution in [0, 0.1) is 5.92 Å². The maximum atomic E-state index is 12.3. The van der Waals surface area contributed by atoms with E-state index in [1.54, 1.807) is 18.2 Å². The number of nitrogens with one attached hydrogen (secondary N) is 2. The van der Waals surface area contributed by atoms with Crippen molar-refractivity contribution >= 4 is 17.4 Å². The van der Waals surface area contributed by atoms with Gasteiger partial charge in [0.2, 0.25) is 0 Å². The van der Waals surface area contributed by atoms with Gasteiger partial charge in [-0.05, 0) is 37.1 Å². The first-order valence-corrected chi connectivity index (χ1v) is 7.71. The molecule has 0 atom stereocenters. The monoisotopic (exact) mass is 314 g/mol. The highest BCUT2D eigenvalue weighted by Crippen LogP contribution is 2.24. The summed E-state index contributed by atoms with van der Waals surface area (Å²) < 4.78 is 5.49. The van der Waals surface area contributed by atoms with Gasteiger partial charge in [-0.1, -0.05) is 26.0 Å². The fourth-order valence-corrected chi connectivity index (χ4v) is 1.89. The Morgan fingerprint density at radius 2 is 1.96 bits per heavy atom. The molecule has 2 N–H and O–H groups in total. The summed E-state index contributed by atoms with van der Waals surface area (Å²) in [5, 5.41) is 13.9. The van der Waals surface area contributed by atoms with Gasteiger partial charge in [-0.15, -0.1) is 10.2 Å². The van der Waals surface area contributed by atoms with Gasteiger partial charge < -0.3 is 15.4 Å². The molecule has 1 aromatic carbocycles. The standard InChI is InChI=1S/C17H22N4O2/c1-4-23-15-8-6-5-7-13(15)19-17(22)14-9-10-16(21-20-14)18-11-12(2)3/h5-10,12H,4,11H2,1-3H3,(H,18,21)(H,19,22). The van der Waals surface area contributed by atoms with Crippen LogP contribution in [0.2, 0.25) is 0 Å². The zero-order chi connectivity index (χ0) is 16.7. The van der Waals surface area contributed by atoms with E-state index in [1.807, 2.05) is 25.1 Å². The normalized spacial score (nSPS) is 10.4. The van der Waals surface area contributed by atoms with E-state index >= 15 is 0 Å². The Morgan fingerprint density at radius 1 is 1.17 bits per heavy atom. The van der Waals surface area contributed by atoms with Gasteiger partial charge in [0, 0.05) is 6.54 Å². The first-order valence-electron chi connectivity index (χ1n) is 7.71. The van der Waals surface area contributed by atoms with Gasteiger partial charge in [-0.25, -0.2) is 0 Å². The molecule has 0 unspecified atom stereocenters. The van der Waals surface area contributed by atoms with Crippen LogP contribution >= 0.6 is 0 Å².